The molecular formula is C17H15N3O5S. The predicted octanol–water partition coefficient (Wildman–Crippen LogP) is 2.82. The number of thiocarbonyl (C=S) groups is 1. The summed E-state index contributed by atoms with van der Waals surface area (Å²) in [7, 11) is 1.27. The summed E-state index contributed by atoms with van der Waals surface area (Å²) in [5, 5.41) is 16.2. The van der Waals surface area contributed by atoms with E-state index in [0.29, 0.717) is 16.8 Å². The lowest BCUT2D eigenvalue weighted by atomic mass is 10.1. The fourth-order valence-electron chi connectivity index (χ4n) is 2.16. The zero-order valence-electron chi connectivity index (χ0n) is 13.9. The summed E-state index contributed by atoms with van der Waals surface area (Å²) in [5.41, 5.74) is 1.37. The summed E-state index contributed by atoms with van der Waals surface area (Å²) in [5.74, 6) is -0.989. The van der Waals surface area contributed by atoms with Gasteiger partial charge in [-0.15, -0.1) is 0 Å². The number of carbonyl (C=O) groups is 2. The van der Waals surface area contributed by atoms with Crippen LogP contribution in [0.5, 0.6) is 0 Å². The van der Waals surface area contributed by atoms with Gasteiger partial charge in [0.25, 0.3) is 11.6 Å². The maximum absolute atomic E-state index is 12.2. The topological polar surface area (TPSA) is 111 Å². The minimum Gasteiger partial charge on any atom is -0.465 e. The number of methoxy groups -OCH3 is 1. The van der Waals surface area contributed by atoms with E-state index in [-0.39, 0.29) is 16.4 Å². The van der Waals surface area contributed by atoms with Crippen LogP contribution in [-0.4, -0.2) is 29.0 Å². The Hall–Kier alpha value is -3.33. The van der Waals surface area contributed by atoms with Crippen molar-refractivity contribution >= 4 is 40.6 Å². The van der Waals surface area contributed by atoms with Crippen LogP contribution >= 0.6 is 12.2 Å². The molecule has 134 valence electrons. The van der Waals surface area contributed by atoms with E-state index < -0.39 is 16.8 Å². The van der Waals surface area contributed by atoms with Gasteiger partial charge in [-0.1, -0.05) is 6.07 Å². The van der Waals surface area contributed by atoms with E-state index in [2.05, 4.69) is 15.4 Å². The van der Waals surface area contributed by atoms with E-state index in [9.17, 15) is 19.7 Å². The third-order valence-corrected chi connectivity index (χ3v) is 3.75. The molecule has 2 aromatic carbocycles. The van der Waals surface area contributed by atoms with Crippen molar-refractivity contribution < 1.29 is 19.2 Å². The molecule has 0 saturated carbocycles. The fourth-order valence-corrected chi connectivity index (χ4v) is 2.36. The molecule has 0 spiro atoms. The zero-order chi connectivity index (χ0) is 19.3. The molecule has 0 radical (unpaired) electrons. The number of nitrogens with one attached hydrogen (secondary N) is 2. The highest BCUT2D eigenvalue weighted by Crippen LogP contribution is 2.24. The second-order valence-corrected chi connectivity index (χ2v) is 5.59. The van der Waals surface area contributed by atoms with Crippen LogP contribution in [-0.2, 0) is 4.74 Å². The van der Waals surface area contributed by atoms with Gasteiger partial charge in [0.1, 0.15) is 0 Å². The van der Waals surface area contributed by atoms with Crippen molar-refractivity contribution in [3.8, 4) is 0 Å². The smallest absolute Gasteiger partial charge is 0.337 e. The van der Waals surface area contributed by atoms with Gasteiger partial charge in [-0.2, -0.15) is 0 Å². The number of hydrogen-bond donors (Lipinski definition) is 2. The van der Waals surface area contributed by atoms with Crippen molar-refractivity contribution in [1.29, 1.82) is 0 Å². The summed E-state index contributed by atoms with van der Waals surface area (Å²) in [6, 6.07) is 10.4. The van der Waals surface area contributed by atoms with Crippen LogP contribution in [0, 0.1) is 17.0 Å². The molecule has 8 nitrogen and oxygen atoms in total. The second kappa shape index (κ2) is 8.17. The van der Waals surface area contributed by atoms with E-state index in [1.54, 1.807) is 13.0 Å². The summed E-state index contributed by atoms with van der Waals surface area (Å²) >= 11 is 5.08. The number of amides is 1. The highest BCUT2D eigenvalue weighted by molar-refractivity contribution is 7.80. The Bertz CT molecular complexity index is 880. The van der Waals surface area contributed by atoms with Crippen molar-refractivity contribution in [2.45, 2.75) is 6.92 Å². The molecule has 1 amide bonds. The molecule has 26 heavy (non-hydrogen) atoms. The van der Waals surface area contributed by atoms with E-state index in [0.717, 1.165) is 0 Å². The van der Waals surface area contributed by atoms with Gasteiger partial charge in [-0.3, -0.25) is 20.2 Å². The lowest BCUT2D eigenvalue weighted by molar-refractivity contribution is -0.385. The zero-order valence-corrected chi connectivity index (χ0v) is 14.8. The molecule has 2 N–H and O–H groups in total. The predicted molar refractivity (Wildman–Crippen MR) is 99.3 cm³/mol. The van der Waals surface area contributed by atoms with Crippen molar-refractivity contribution in [3.05, 3.63) is 69.3 Å². The Kier molecular flexibility index (Phi) is 5.97. The first-order valence-corrected chi connectivity index (χ1v) is 7.79. The molecule has 0 fully saturated rings. The second-order valence-electron chi connectivity index (χ2n) is 5.18. The number of nitrogens with zero attached hydrogens (tertiary/aromatic N) is 1. The molecule has 2 aromatic rings. The maximum Gasteiger partial charge on any atom is 0.337 e. The molecule has 0 aliphatic heterocycles. The van der Waals surface area contributed by atoms with Crippen molar-refractivity contribution in [2.24, 2.45) is 0 Å². The van der Waals surface area contributed by atoms with Gasteiger partial charge in [-0.05, 0) is 49.5 Å². The number of nitro benzene ring substituents is 1. The average molecular weight is 373 g/mol. The van der Waals surface area contributed by atoms with Crippen molar-refractivity contribution in [1.82, 2.24) is 5.32 Å². The molecule has 0 unspecified atom stereocenters. The van der Waals surface area contributed by atoms with E-state index in [4.69, 9.17) is 12.2 Å². The molecule has 0 saturated heterocycles. The molecule has 0 aliphatic carbocycles. The fraction of sp³-hybridized carbons (Fsp3) is 0.118. The molecule has 2 rings (SSSR count). The van der Waals surface area contributed by atoms with Gasteiger partial charge in [-0.25, -0.2) is 4.79 Å². The summed E-state index contributed by atoms with van der Waals surface area (Å²) < 4.78 is 4.59. The Labute approximate surface area is 154 Å². The first kappa shape index (κ1) is 19.0. The summed E-state index contributed by atoms with van der Waals surface area (Å²) in [6.07, 6.45) is 0. The third kappa shape index (κ3) is 4.39. The van der Waals surface area contributed by atoms with Gasteiger partial charge in [0, 0.05) is 11.6 Å². The van der Waals surface area contributed by atoms with Crippen LogP contribution in [0.15, 0.2) is 42.5 Å². The maximum atomic E-state index is 12.2. The van der Waals surface area contributed by atoms with Crippen LogP contribution in [0.2, 0.25) is 0 Å². The van der Waals surface area contributed by atoms with E-state index in [1.807, 2.05) is 0 Å². The Morgan fingerprint density at radius 1 is 1.12 bits per heavy atom. The van der Waals surface area contributed by atoms with Gasteiger partial charge in [0.15, 0.2) is 5.11 Å². The minimum absolute atomic E-state index is 0.00403. The number of carbonyl (C=O) groups excluding carboxylic acids is 2. The Balaban J connectivity index is 2.06. The lowest BCUT2D eigenvalue weighted by Gasteiger charge is -2.12. The highest BCUT2D eigenvalue weighted by atomic mass is 32.1. The number of anilines is 1. The first-order chi connectivity index (χ1) is 12.3. The van der Waals surface area contributed by atoms with Crippen LogP contribution < -0.4 is 10.6 Å². The molecule has 9 heteroatoms. The number of esters is 1. The van der Waals surface area contributed by atoms with Gasteiger partial charge in [0.05, 0.1) is 28.8 Å². The van der Waals surface area contributed by atoms with Gasteiger partial charge < -0.3 is 10.1 Å². The van der Waals surface area contributed by atoms with Gasteiger partial charge in [0.2, 0.25) is 0 Å². The summed E-state index contributed by atoms with van der Waals surface area (Å²) in [4.78, 5) is 34.0. The average Bonchev–Trinajstić information content (AvgIpc) is 2.62. The standard InChI is InChI=1S/C17H15N3O5S/c1-10-13(4-3-5-14(10)20(23)24)18-17(26)19-15(21)11-6-8-12(9-7-11)16(22)25-2/h3-9H,1-2H3,(H2,18,19,21,26). The number of rotatable bonds is 4. The molecular weight excluding hydrogens is 358 g/mol. The monoisotopic (exact) mass is 373 g/mol. The molecule has 0 bridgehead atoms. The van der Waals surface area contributed by atoms with Crippen LogP contribution in [0.1, 0.15) is 26.3 Å². The number of nitro groups is 1. The third-order valence-electron chi connectivity index (χ3n) is 3.55. The van der Waals surface area contributed by atoms with Crippen molar-refractivity contribution in [2.75, 3.05) is 12.4 Å². The van der Waals surface area contributed by atoms with Gasteiger partial charge >= 0.3 is 5.97 Å². The molecule has 0 atom stereocenters. The Morgan fingerprint density at radius 3 is 2.31 bits per heavy atom. The first-order valence-electron chi connectivity index (χ1n) is 7.38. The van der Waals surface area contributed by atoms with E-state index in [1.165, 1.54) is 43.5 Å². The highest BCUT2D eigenvalue weighted by Gasteiger charge is 2.15. The van der Waals surface area contributed by atoms with Crippen LogP contribution in [0.4, 0.5) is 11.4 Å². The largest absolute Gasteiger partial charge is 0.465 e. The van der Waals surface area contributed by atoms with Crippen LogP contribution in [0.3, 0.4) is 0 Å². The number of ether oxygens (including phenoxy) is 1. The normalized spacial score (nSPS) is 9.92. The van der Waals surface area contributed by atoms with Crippen molar-refractivity contribution in [3.63, 3.8) is 0 Å². The van der Waals surface area contributed by atoms with E-state index >= 15 is 0 Å². The molecule has 0 aromatic heterocycles. The van der Waals surface area contributed by atoms with Crippen LogP contribution in [0.25, 0.3) is 0 Å². The lowest BCUT2D eigenvalue weighted by Crippen LogP contribution is -2.34. The number of hydrogen-bond acceptors (Lipinski definition) is 6. The quantitative estimate of drug-likeness (QED) is 0.367. The minimum atomic E-state index is -0.504. The summed E-state index contributed by atoms with van der Waals surface area (Å²) in [6.45, 7) is 1.58. The SMILES string of the molecule is COC(=O)c1ccc(C(=O)NC(=S)Nc2cccc([N+](=O)[O-])c2C)cc1. The Morgan fingerprint density at radius 2 is 1.73 bits per heavy atom. The number of benzene rings is 2. The molecule has 0 heterocycles. The molecule has 0 aliphatic rings.